The number of nitrogens with one attached hydrogen (secondary N) is 2. The molecule has 1 aliphatic heterocycles. The Balaban J connectivity index is 1.95. The smallest absolute Gasteiger partial charge is 0.257 e. The van der Waals surface area contributed by atoms with Crippen LogP contribution in [0.4, 0.5) is 13.2 Å². The molecule has 3 N–H and O–H groups in total. The summed E-state index contributed by atoms with van der Waals surface area (Å²) in [4.78, 5) is 36.6. The molecule has 2 atom stereocenters. The molecule has 0 spiro atoms. The molecule has 1 fully saturated rings. The van der Waals surface area contributed by atoms with Gasteiger partial charge in [0.2, 0.25) is 5.43 Å². The van der Waals surface area contributed by atoms with Gasteiger partial charge in [-0.25, -0.2) is 13.2 Å². The van der Waals surface area contributed by atoms with E-state index < -0.39 is 58.3 Å². The predicted octanol–water partition coefficient (Wildman–Crippen LogP) is 1.26. The molecule has 0 radical (unpaired) electrons. The lowest BCUT2D eigenvalue weighted by atomic mass is 10.0. The Hall–Kier alpha value is -3.18. The van der Waals surface area contributed by atoms with E-state index in [4.69, 9.17) is 4.74 Å². The van der Waals surface area contributed by atoms with Crippen LogP contribution in [0, 0.1) is 17.5 Å². The second kappa shape index (κ2) is 9.31. The normalized spacial score (nSPS) is 18.6. The average Bonchev–Trinajstić information content (AvgIpc) is 2.74. The number of rotatable bonds is 6. The summed E-state index contributed by atoms with van der Waals surface area (Å²) in [6.07, 6.45) is 1.87. The number of likely N-dealkylation sites (N-methyl/N-ethyl adjacent to an activating group) is 1. The molecule has 0 bridgehead atoms. The Morgan fingerprint density at radius 3 is 2.61 bits per heavy atom. The molecule has 1 saturated heterocycles. The Morgan fingerprint density at radius 2 is 2.00 bits per heavy atom. The van der Waals surface area contributed by atoms with Gasteiger partial charge in [0.15, 0.2) is 12.0 Å². The van der Waals surface area contributed by atoms with Crippen molar-refractivity contribution in [3.8, 4) is 5.75 Å². The van der Waals surface area contributed by atoms with Gasteiger partial charge in [-0.1, -0.05) is 0 Å². The van der Waals surface area contributed by atoms with Gasteiger partial charge in [0, 0.05) is 37.0 Å². The van der Waals surface area contributed by atoms with Crippen LogP contribution in [-0.4, -0.2) is 48.2 Å². The molecule has 0 saturated carbocycles. The Bertz CT molecular complexity index is 1050. The monoisotopic (exact) mass is 439 g/mol. The number of halogens is 3. The second-order valence-electron chi connectivity index (χ2n) is 6.99. The number of carbonyl (C=O) groups is 2. The molecule has 3 rings (SSSR count). The van der Waals surface area contributed by atoms with Crippen molar-refractivity contribution in [2.45, 2.75) is 25.0 Å². The van der Waals surface area contributed by atoms with Gasteiger partial charge in [-0.05, 0) is 13.5 Å². The number of hydrogen-bond acceptors (Lipinski definition) is 6. The number of aromatic nitrogens is 1. The van der Waals surface area contributed by atoms with Gasteiger partial charge in [0.05, 0.1) is 18.7 Å². The minimum absolute atomic E-state index is 0.271. The van der Waals surface area contributed by atoms with Crippen molar-refractivity contribution in [2.75, 3.05) is 20.3 Å². The quantitative estimate of drug-likeness (QED) is 0.585. The maximum atomic E-state index is 13.8. The van der Waals surface area contributed by atoms with E-state index in [1.54, 1.807) is 7.05 Å². The van der Waals surface area contributed by atoms with Crippen LogP contribution in [0.3, 0.4) is 0 Å². The van der Waals surface area contributed by atoms with E-state index in [-0.39, 0.29) is 11.7 Å². The lowest BCUT2D eigenvalue weighted by molar-refractivity contribution is 0.0414. The lowest BCUT2D eigenvalue weighted by Gasteiger charge is -2.34. The van der Waals surface area contributed by atoms with Gasteiger partial charge in [-0.3, -0.25) is 14.4 Å². The highest BCUT2D eigenvalue weighted by atomic mass is 19.1. The fourth-order valence-electron chi connectivity index (χ4n) is 3.53. The van der Waals surface area contributed by atoms with Crippen molar-refractivity contribution in [3.63, 3.8) is 0 Å². The van der Waals surface area contributed by atoms with Gasteiger partial charge in [-0.15, -0.1) is 0 Å². The van der Waals surface area contributed by atoms with E-state index in [1.165, 1.54) is 4.57 Å². The summed E-state index contributed by atoms with van der Waals surface area (Å²) in [6, 6.07) is 0.244. The lowest BCUT2D eigenvalue weighted by Crippen LogP contribution is -2.44. The van der Waals surface area contributed by atoms with E-state index in [0.29, 0.717) is 38.1 Å². The summed E-state index contributed by atoms with van der Waals surface area (Å²) in [6.45, 7) is -0.00148. The zero-order valence-electron chi connectivity index (χ0n) is 16.5. The molecule has 2 heterocycles. The number of hydrogen-bond donors (Lipinski definition) is 3. The summed E-state index contributed by atoms with van der Waals surface area (Å²) in [5, 5.41) is 15.4. The number of amides is 1. The molecular formula is C20H20F3N3O5. The Labute approximate surface area is 174 Å². The van der Waals surface area contributed by atoms with Crippen LogP contribution in [0.15, 0.2) is 23.1 Å². The minimum atomic E-state index is -1.20. The summed E-state index contributed by atoms with van der Waals surface area (Å²) < 4.78 is 47.3. The SMILES string of the molecule is CNC1COCCC1n1cc(C(=O)NCc2c(F)cc(F)cc2F)c(=O)c(O)c1C=O. The Morgan fingerprint density at radius 1 is 1.32 bits per heavy atom. The molecule has 8 nitrogen and oxygen atoms in total. The highest BCUT2D eigenvalue weighted by Crippen LogP contribution is 2.25. The maximum absolute atomic E-state index is 13.8. The van der Waals surface area contributed by atoms with Crippen molar-refractivity contribution in [1.82, 2.24) is 15.2 Å². The van der Waals surface area contributed by atoms with Crippen LogP contribution in [0.5, 0.6) is 5.75 Å². The van der Waals surface area contributed by atoms with Crippen molar-refractivity contribution in [3.05, 3.63) is 62.8 Å². The largest absolute Gasteiger partial charge is 0.503 e. The third-order valence-electron chi connectivity index (χ3n) is 5.18. The van der Waals surface area contributed by atoms with E-state index in [0.717, 1.165) is 6.20 Å². The molecule has 1 aromatic carbocycles. The van der Waals surface area contributed by atoms with Gasteiger partial charge in [0.1, 0.15) is 28.7 Å². The fraction of sp³-hybridized carbons (Fsp3) is 0.350. The molecule has 1 aromatic heterocycles. The number of aldehydes is 1. The van der Waals surface area contributed by atoms with Gasteiger partial charge < -0.3 is 25.0 Å². The molecule has 2 aromatic rings. The first-order valence-corrected chi connectivity index (χ1v) is 9.38. The van der Waals surface area contributed by atoms with Crippen LogP contribution in [0.1, 0.15) is 38.9 Å². The molecule has 166 valence electrons. The average molecular weight is 439 g/mol. The molecule has 11 heteroatoms. The molecule has 2 unspecified atom stereocenters. The number of nitrogens with zero attached hydrogens (tertiary/aromatic N) is 1. The maximum Gasteiger partial charge on any atom is 0.257 e. The standard InChI is InChI=1S/C20H20F3N3O5/c1-24-15-9-31-3-2-16(15)26-7-12(18(28)19(29)17(26)8-27)20(30)25-6-11-13(22)4-10(21)5-14(11)23/h4-5,7-8,15-16,24,29H,2-3,6,9H2,1H3,(H,25,30). The van der Waals surface area contributed by atoms with Crippen LogP contribution in [0.2, 0.25) is 0 Å². The summed E-state index contributed by atoms with van der Waals surface area (Å²) >= 11 is 0. The third-order valence-corrected chi connectivity index (χ3v) is 5.18. The summed E-state index contributed by atoms with van der Waals surface area (Å²) in [5.74, 6) is -5.45. The van der Waals surface area contributed by atoms with Crippen molar-refractivity contribution in [2.24, 2.45) is 0 Å². The first kappa shape index (κ1) is 22.5. The number of pyridine rings is 1. The number of benzene rings is 1. The molecule has 0 aliphatic carbocycles. The van der Waals surface area contributed by atoms with Gasteiger partial charge >= 0.3 is 0 Å². The van der Waals surface area contributed by atoms with E-state index in [1.807, 2.05) is 0 Å². The molecule has 1 aliphatic rings. The Kier molecular flexibility index (Phi) is 6.76. The van der Waals surface area contributed by atoms with Crippen molar-refractivity contribution < 1.29 is 32.6 Å². The van der Waals surface area contributed by atoms with Crippen LogP contribution in [0.25, 0.3) is 0 Å². The second-order valence-corrected chi connectivity index (χ2v) is 6.99. The fourth-order valence-corrected chi connectivity index (χ4v) is 3.53. The molecule has 1 amide bonds. The van der Waals surface area contributed by atoms with E-state index >= 15 is 0 Å². The van der Waals surface area contributed by atoms with E-state index in [2.05, 4.69) is 10.6 Å². The van der Waals surface area contributed by atoms with Crippen LogP contribution >= 0.6 is 0 Å². The molecule has 31 heavy (non-hydrogen) atoms. The number of aromatic hydroxyl groups is 1. The minimum Gasteiger partial charge on any atom is -0.503 e. The highest BCUT2D eigenvalue weighted by molar-refractivity contribution is 5.95. The third kappa shape index (κ3) is 4.47. The highest BCUT2D eigenvalue weighted by Gasteiger charge is 2.30. The summed E-state index contributed by atoms with van der Waals surface area (Å²) in [7, 11) is 1.68. The van der Waals surface area contributed by atoms with Crippen molar-refractivity contribution >= 4 is 12.2 Å². The number of carbonyl (C=O) groups excluding carboxylic acids is 2. The predicted molar refractivity (Wildman–Crippen MR) is 103 cm³/mol. The number of ether oxygens (including phenoxy) is 1. The zero-order chi connectivity index (χ0) is 22.7. The van der Waals surface area contributed by atoms with Gasteiger partial charge in [0.25, 0.3) is 5.91 Å². The first-order valence-electron chi connectivity index (χ1n) is 9.38. The topological polar surface area (TPSA) is 110 Å². The van der Waals surface area contributed by atoms with Crippen LogP contribution in [-0.2, 0) is 11.3 Å². The summed E-state index contributed by atoms with van der Waals surface area (Å²) in [5.41, 5.74) is -2.52. The van der Waals surface area contributed by atoms with E-state index in [9.17, 15) is 32.7 Å². The first-order chi connectivity index (χ1) is 14.8. The van der Waals surface area contributed by atoms with Crippen molar-refractivity contribution in [1.29, 1.82) is 0 Å². The van der Waals surface area contributed by atoms with Gasteiger partial charge in [-0.2, -0.15) is 0 Å². The molecular weight excluding hydrogens is 419 g/mol. The van der Waals surface area contributed by atoms with Crippen LogP contribution < -0.4 is 16.1 Å². The zero-order valence-corrected chi connectivity index (χ0v) is 16.5.